The lowest BCUT2D eigenvalue weighted by Crippen LogP contribution is -2.35. The van der Waals surface area contributed by atoms with E-state index in [1.54, 1.807) is 41.3 Å². The molecule has 0 bridgehead atoms. The van der Waals surface area contributed by atoms with Crippen molar-refractivity contribution in [1.29, 1.82) is 0 Å². The predicted molar refractivity (Wildman–Crippen MR) is 101 cm³/mol. The summed E-state index contributed by atoms with van der Waals surface area (Å²) in [6.45, 7) is 0.700. The van der Waals surface area contributed by atoms with Gasteiger partial charge >= 0.3 is 11.8 Å². The van der Waals surface area contributed by atoms with Gasteiger partial charge in [-0.05, 0) is 28.1 Å². The molecule has 0 fully saturated rings. The van der Waals surface area contributed by atoms with Gasteiger partial charge in [0.25, 0.3) is 5.91 Å². The molecule has 3 aromatic rings. The molecule has 2 aromatic heterocycles. The molecule has 0 saturated heterocycles. The van der Waals surface area contributed by atoms with Crippen molar-refractivity contribution < 1.29 is 18.8 Å². The zero-order chi connectivity index (χ0) is 19.9. The number of carbonyl (C=O) groups excluding carboxylic acids is 2. The Hall–Kier alpha value is -3.21. The molecule has 2 amide bonds. The van der Waals surface area contributed by atoms with Crippen LogP contribution in [0.5, 0.6) is 5.75 Å². The maximum absolute atomic E-state index is 12.2. The number of benzene rings is 1. The first-order valence-electron chi connectivity index (χ1n) is 8.27. The molecule has 0 aliphatic carbocycles. The number of methoxy groups -OCH3 is 1. The van der Waals surface area contributed by atoms with Crippen LogP contribution in [0.25, 0.3) is 0 Å². The third kappa shape index (κ3) is 4.94. The molecule has 2 heterocycles. The number of para-hydroxylation sites is 1. The number of rotatable bonds is 8. The van der Waals surface area contributed by atoms with Crippen LogP contribution in [0.15, 0.2) is 45.7 Å². The number of carbonyl (C=O) groups is 2. The Morgan fingerprint density at radius 2 is 1.96 bits per heavy atom. The fraction of sp³-hybridized carbons (Fsp3) is 0.235. The first-order chi connectivity index (χ1) is 13.6. The van der Waals surface area contributed by atoms with Gasteiger partial charge in [0.15, 0.2) is 5.82 Å². The summed E-state index contributed by atoms with van der Waals surface area (Å²) in [5.74, 6) is -0.168. The van der Waals surface area contributed by atoms with E-state index in [2.05, 4.69) is 41.8 Å². The highest BCUT2D eigenvalue weighted by molar-refractivity contribution is 9.10. The van der Waals surface area contributed by atoms with Crippen molar-refractivity contribution in [2.24, 2.45) is 0 Å². The highest BCUT2D eigenvalue weighted by Crippen LogP contribution is 2.16. The number of halogens is 1. The molecule has 146 valence electrons. The Balaban J connectivity index is 1.45. The highest BCUT2D eigenvalue weighted by Gasteiger charge is 2.16. The van der Waals surface area contributed by atoms with Crippen LogP contribution in [0, 0.1) is 0 Å². The third-order valence-corrected chi connectivity index (χ3v) is 4.02. The van der Waals surface area contributed by atoms with Crippen molar-refractivity contribution in [3.63, 3.8) is 0 Å². The van der Waals surface area contributed by atoms with E-state index in [1.165, 1.54) is 7.11 Å². The van der Waals surface area contributed by atoms with Crippen molar-refractivity contribution in [1.82, 2.24) is 30.6 Å². The van der Waals surface area contributed by atoms with Gasteiger partial charge in [0.05, 0.1) is 23.3 Å². The Labute approximate surface area is 168 Å². The fourth-order valence-corrected chi connectivity index (χ4v) is 2.66. The second-order valence-electron chi connectivity index (χ2n) is 5.58. The molecular weight excluding hydrogens is 432 g/mol. The molecule has 0 atom stereocenters. The third-order valence-electron chi connectivity index (χ3n) is 3.62. The van der Waals surface area contributed by atoms with Crippen LogP contribution >= 0.6 is 15.9 Å². The molecule has 0 unspecified atom stereocenters. The summed E-state index contributed by atoms with van der Waals surface area (Å²) in [6, 6.07) is 6.88. The van der Waals surface area contributed by atoms with Gasteiger partial charge in [-0.2, -0.15) is 10.1 Å². The van der Waals surface area contributed by atoms with E-state index in [9.17, 15) is 9.59 Å². The average molecular weight is 449 g/mol. The van der Waals surface area contributed by atoms with Crippen molar-refractivity contribution >= 4 is 27.7 Å². The van der Waals surface area contributed by atoms with Crippen molar-refractivity contribution in [2.45, 2.75) is 6.54 Å². The number of nitrogens with one attached hydrogen (secondary N) is 2. The van der Waals surface area contributed by atoms with E-state index in [0.29, 0.717) is 17.1 Å². The van der Waals surface area contributed by atoms with Gasteiger partial charge in [-0.25, -0.2) is 0 Å². The van der Waals surface area contributed by atoms with E-state index in [0.717, 1.165) is 4.47 Å². The predicted octanol–water partition coefficient (Wildman–Crippen LogP) is 1.25. The van der Waals surface area contributed by atoms with Crippen LogP contribution in [0.3, 0.4) is 0 Å². The standard InChI is InChI=1S/C17H17BrN6O4/c1-27-13-5-3-2-4-12(13)15(25)19-6-7-20-16(26)17-22-14(23-28-17)10-24-9-11(18)8-21-24/h2-5,8-9H,6-7,10H2,1H3,(H,19,25)(H,20,26). The monoisotopic (exact) mass is 448 g/mol. The van der Waals surface area contributed by atoms with E-state index < -0.39 is 5.91 Å². The zero-order valence-corrected chi connectivity index (χ0v) is 16.5. The molecule has 3 rings (SSSR count). The normalized spacial score (nSPS) is 10.5. The minimum absolute atomic E-state index is 0.155. The average Bonchev–Trinajstić information content (AvgIpc) is 3.34. The molecule has 1 aromatic carbocycles. The summed E-state index contributed by atoms with van der Waals surface area (Å²) >= 11 is 3.29. The van der Waals surface area contributed by atoms with Gasteiger partial charge < -0.3 is 19.9 Å². The Morgan fingerprint density at radius 1 is 1.21 bits per heavy atom. The quantitative estimate of drug-likeness (QED) is 0.496. The van der Waals surface area contributed by atoms with Crippen LogP contribution in [0.2, 0.25) is 0 Å². The largest absolute Gasteiger partial charge is 0.496 e. The molecule has 11 heteroatoms. The number of amides is 2. The number of nitrogens with zero attached hydrogens (tertiary/aromatic N) is 4. The van der Waals surface area contributed by atoms with Crippen LogP contribution in [-0.4, -0.2) is 51.9 Å². The molecule has 0 spiro atoms. The topological polar surface area (TPSA) is 124 Å². The maximum Gasteiger partial charge on any atom is 0.316 e. The summed E-state index contributed by atoms with van der Waals surface area (Å²) in [4.78, 5) is 28.3. The van der Waals surface area contributed by atoms with Crippen LogP contribution in [0.1, 0.15) is 26.9 Å². The van der Waals surface area contributed by atoms with Gasteiger partial charge in [0, 0.05) is 19.3 Å². The lowest BCUT2D eigenvalue weighted by atomic mass is 10.2. The summed E-state index contributed by atoms with van der Waals surface area (Å²) in [5, 5.41) is 13.1. The van der Waals surface area contributed by atoms with Crippen LogP contribution in [-0.2, 0) is 6.54 Å². The minimum atomic E-state index is -0.521. The summed E-state index contributed by atoms with van der Waals surface area (Å²) in [7, 11) is 1.50. The molecule has 2 N–H and O–H groups in total. The maximum atomic E-state index is 12.2. The van der Waals surface area contributed by atoms with Gasteiger partial charge in [-0.3, -0.25) is 14.3 Å². The van der Waals surface area contributed by atoms with Crippen molar-refractivity contribution in [3.8, 4) is 5.75 Å². The highest BCUT2D eigenvalue weighted by atomic mass is 79.9. The first kappa shape index (κ1) is 19.5. The minimum Gasteiger partial charge on any atom is -0.496 e. The zero-order valence-electron chi connectivity index (χ0n) is 14.9. The fourth-order valence-electron chi connectivity index (χ4n) is 2.34. The Morgan fingerprint density at radius 3 is 2.68 bits per heavy atom. The molecule has 28 heavy (non-hydrogen) atoms. The van der Waals surface area contributed by atoms with E-state index >= 15 is 0 Å². The van der Waals surface area contributed by atoms with E-state index in [4.69, 9.17) is 9.26 Å². The molecule has 0 aliphatic rings. The van der Waals surface area contributed by atoms with E-state index in [-0.39, 0.29) is 31.4 Å². The van der Waals surface area contributed by atoms with Crippen LogP contribution < -0.4 is 15.4 Å². The molecule has 0 radical (unpaired) electrons. The number of aromatic nitrogens is 4. The molecular formula is C17H17BrN6O4. The van der Waals surface area contributed by atoms with Crippen molar-refractivity contribution in [3.05, 3.63) is 58.4 Å². The first-order valence-corrected chi connectivity index (χ1v) is 9.06. The number of hydrogen-bond donors (Lipinski definition) is 2. The van der Waals surface area contributed by atoms with Gasteiger partial charge in [-0.1, -0.05) is 17.3 Å². The smallest absolute Gasteiger partial charge is 0.316 e. The molecule has 0 aliphatic heterocycles. The number of hydrogen-bond acceptors (Lipinski definition) is 7. The molecule has 0 saturated carbocycles. The van der Waals surface area contributed by atoms with Crippen molar-refractivity contribution in [2.75, 3.05) is 20.2 Å². The Bertz CT molecular complexity index is 970. The SMILES string of the molecule is COc1ccccc1C(=O)NCCNC(=O)c1nc(Cn2cc(Br)cn2)no1. The van der Waals surface area contributed by atoms with Gasteiger partial charge in [0.1, 0.15) is 12.3 Å². The number of ether oxygens (including phenoxy) is 1. The van der Waals surface area contributed by atoms with Gasteiger partial charge in [0.2, 0.25) is 0 Å². The van der Waals surface area contributed by atoms with Gasteiger partial charge in [-0.15, -0.1) is 0 Å². The Kier molecular flexibility index (Phi) is 6.37. The van der Waals surface area contributed by atoms with Crippen LogP contribution in [0.4, 0.5) is 0 Å². The summed E-state index contributed by atoms with van der Waals surface area (Å²) in [6.07, 6.45) is 3.38. The summed E-state index contributed by atoms with van der Waals surface area (Å²) < 4.78 is 12.5. The lowest BCUT2D eigenvalue weighted by molar-refractivity contribution is 0.0897. The molecule has 10 nitrogen and oxygen atoms in total. The van der Waals surface area contributed by atoms with E-state index in [1.807, 2.05) is 0 Å². The summed E-state index contributed by atoms with van der Waals surface area (Å²) in [5.41, 5.74) is 0.420. The second-order valence-corrected chi connectivity index (χ2v) is 6.50. The second kappa shape index (κ2) is 9.13. The lowest BCUT2D eigenvalue weighted by Gasteiger charge is -2.09.